The van der Waals surface area contributed by atoms with Gasteiger partial charge in [0.25, 0.3) is 0 Å². The Balaban J connectivity index is 2.79. The second-order valence-electron chi connectivity index (χ2n) is 2.61. The van der Waals surface area contributed by atoms with Crippen LogP contribution in [0.3, 0.4) is 0 Å². The van der Waals surface area contributed by atoms with E-state index in [4.69, 9.17) is 0 Å². The van der Waals surface area contributed by atoms with E-state index >= 15 is 0 Å². The van der Waals surface area contributed by atoms with Gasteiger partial charge in [0, 0.05) is 0 Å². The normalized spacial score (nSPS) is 10.7. The number of aryl methyl sites for hydroxylation is 1. The fourth-order valence-electron chi connectivity index (χ4n) is 0.979. The van der Waals surface area contributed by atoms with E-state index in [9.17, 15) is 0 Å². The summed E-state index contributed by atoms with van der Waals surface area (Å²) in [5.41, 5.74) is 2.29. The van der Waals surface area contributed by atoms with Gasteiger partial charge in [-0.3, -0.25) is 4.68 Å². The van der Waals surface area contributed by atoms with Crippen molar-refractivity contribution in [3.05, 3.63) is 15.9 Å². The van der Waals surface area contributed by atoms with E-state index in [-0.39, 0.29) is 0 Å². The summed E-state index contributed by atoms with van der Waals surface area (Å²) in [4.78, 5) is 0. The molecule has 0 aliphatic rings. The van der Waals surface area contributed by atoms with Gasteiger partial charge in [-0.2, -0.15) is 5.10 Å². The molecule has 0 saturated heterocycles. The molecule has 0 aliphatic carbocycles. The van der Waals surface area contributed by atoms with Gasteiger partial charge in [0.2, 0.25) is 0 Å². The van der Waals surface area contributed by atoms with Gasteiger partial charge < -0.3 is 0 Å². The van der Waals surface area contributed by atoms with Crippen LogP contribution in [0.2, 0.25) is 0 Å². The number of rotatable bonds is 3. The minimum atomic E-state index is 0.953. The molecule has 68 valence electrons. The molecule has 0 spiro atoms. The van der Waals surface area contributed by atoms with Gasteiger partial charge in [-0.25, -0.2) is 0 Å². The SMILES string of the molecule is CCSCn1nc(C)c(Br)c1C. The van der Waals surface area contributed by atoms with Gasteiger partial charge in [-0.15, -0.1) is 11.8 Å². The van der Waals surface area contributed by atoms with Gasteiger partial charge in [0.05, 0.1) is 21.7 Å². The third-order valence-corrected chi connectivity index (χ3v) is 3.69. The first-order valence-corrected chi connectivity index (χ1v) is 5.88. The Morgan fingerprint density at radius 3 is 2.58 bits per heavy atom. The number of aromatic nitrogens is 2. The van der Waals surface area contributed by atoms with Crippen LogP contribution >= 0.6 is 27.7 Å². The van der Waals surface area contributed by atoms with Crippen LogP contribution in [-0.4, -0.2) is 15.5 Å². The second kappa shape index (κ2) is 4.33. The molecule has 1 heterocycles. The first kappa shape index (κ1) is 10.1. The molecular weight excluding hydrogens is 236 g/mol. The van der Waals surface area contributed by atoms with E-state index in [1.807, 2.05) is 23.4 Å². The molecule has 0 radical (unpaired) electrons. The average Bonchev–Trinajstić information content (AvgIpc) is 2.30. The van der Waals surface area contributed by atoms with Gasteiger partial charge in [0.1, 0.15) is 0 Å². The average molecular weight is 249 g/mol. The van der Waals surface area contributed by atoms with Crippen LogP contribution in [0.15, 0.2) is 4.47 Å². The van der Waals surface area contributed by atoms with E-state index in [0.29, 0.717) is 0 Å². The van der Waals surface area contributed by atoms with E-state index in [1.54, 1.807) is 0 Å². The maximum atomic E-state index is 4.40. The lowest BCUT2D eigenvalue weighted by Crippen LogP contribution is -1.99. The van der Waals surface area contributed by atoms with Gasteiger partial charge in [0.15, 0.2) is 0 Å². The van der Waals surface area contributed by atoms with Crippen LogP contribution in [0.1, 0.15) is 18.3 Å². The third kappa shape index (κ3) is 2.04. The first-order valence-electron chi connectivity index (χ1n) is 3.94. The van der Waals surface area contributed by atoms with E-state index in [0.717, 1.165) is 21.8 Å². The number of hydrogen-bond donors (Lipinski definition) is 0. The third-order valence-electron chi connectivity index (χ3n) is 1.71. The predicted molar refractivity (Wildman–Crippen MR) is 57.5 cm³/mol. The predicted octanol–water partition coefficient (Wildman–Crippen LogP) is 2.97. The maximum Gasteiger partial charge on any atom is 0.0866 e. The fourth-order valence-corrected chi connectivity index (χ4v) is 1.87. The molecule has 1 aromatic rings. The topological polar surface area (TPSA) is 17.8 Å². The molecule has 0 saturated carbocycles. The zero-order chi connectivity index (χ0) is 9.14. The highest BCUT2D eigenvalue weighted by atomic mass is 79.9. The summed E-state index contributed by atoms with van der Waals surface area (Å²) in [6.07, 6.45) is 0. The Kier molecular flexibility index (Phi) is 3.65. The lowest BCUT2D eigenvalue weighted by Gasteiger charge is -2.01. The van der Waals surface area contributed by atoms with Gasteiger partial charge in [-0.05, 0) is 35.5 Å². The van der Waals surface area contributed by atoms with E-state index < -0.39 is 0 Å². The molecule has 2 nitrogen and oxygen atoms in total. The summed E-state index contributed by atoms with van der Waals surface area (Å²) in [6.45, 7) is 6.26. The molecule has 0 unspecified atom stereocenters. The molecule has 4 heteroatoms. The molecule has 0 bridgehead atoms. The summed E-state index contributed by atoms with van der Waals surface area (Å²) in [6, 6.07) is 0. The van der Waals surface area contributed by atoms with Crippen molar-refractivity contribution in [2.75, 3.05) is 5.75 Å². The Labute approximate surface area is 85.9 Å². The minimum Gasteiger partial charge on any atom is -0.258 e. The summed E-state index contributed by atoms with van der Waals surface area (Å²) < 4.78 is 3.17. The molecule has 1 aromatic heterocycles. The highest BCUT2D eigenvalue weighted by molar-refractivity contribution is 9.10. The van der Waals surface area contributed by atoms with Gasteiger partial charge >= 0.3 is 0 Å². The van der Waals surface area contributed by atoms with Crippen molar-refractivity contribution in [3.8, 4) is 0 Å². The van der Waals surface area contributed by atoms with Crippen molar-refractivity contribution in [1.82, 2.24) is 9.78 Å². The zero-order valence-electron chi connectivity index (χ0n) is 7.59. The van der Waals surface area contributed by atoms with Crippen molar-refractivity contribution >= 4 is 27.7 Å². The van der Waals surface area contributed by atoms with Gasteiger partial charge in [-0.1, -0.05) is 6.92 Å². The number of thioether (sulfide) groups is 1. The Bertz CT molecular complexity index is 270. The highest BCUT2D eigenvalue weighted by Gasteiger charge is 2.07. The molecule has 0 aliphatic heterocycles. The highest BCUT2D eigenvalue weighted by Crippen LogP contribution is 2.20. The zero-order valence-corrected chi connectivity index (χ0v) is 10.00. The van der Waals surface area contributed by atoms with Crippen LogP contribution in [0, 0.1) is 13.8 Å². The Morgan fingerprint density at radius 2 is 2.17 bits per heavy atom. The first-order chi connectivity index (χ1) is 5.66. The second-order valence-corrected chi connectivity index (χ2v) is 4.64. The van der Waals surface area contributed by atoms with Crippen LogP contribution < -0.4 is 0 Å². The monoisotopic (exact) mass is 248 g/mol. The van der Waals surface area contributed by atoms with Crippen molar-refractivity contribution in [1.29, 1.82) is 0 Å². The van der Waals surface area contributed by atoms with Crippen LogP contribution in [0.4, 0.5) is 0 Å². The maximum absolute atomic E-state index is 4.40. The van der Waals surface area contributed by atoms with Crippen molar-refractivity contribution in [2.24, 2.45) is 0 Å². The number of halogens is 1. The van der Waals surface area contributed by atoms with Crippen LogP contribution in [0.25, 0.3) is 0 Å². The molecule has 1 rings (SSSR count). The summed E-state index contributed by atoms with van der Waals surface area (Å²) >= 11 is 5.38. The Morgan fingerprint density at radius 1 is 1.50 bits per heavy atom. The largest absolute Gasteiger partial charge is 0.258 e. The Hall–Kier alpha value is 0.0400. The fraction of sp³-hybridized carbons (Fsp3) is 0.625. The lowest BCUT2D eigenvalue weighted by molar-refractivity contribution is 0.716. The standard InChI is InChI=1S/C8H13BrN2S/c1-4-12-5-11-7(3)8(9)6(2)10-11/h4-5H2,1-3H3. The number of hydrogen-bond acceptors (Lipinski definition) is 2. The summed E-state index contributed by atoms with van der Waals surface area (Å²) in [5, 5.41) is 4.40. The molecule has 12 heavy (non-hydrogen) atoms. The molecule has 0 atom stereocenters. The summed E-state index contributed by atoms with van der Waals surface area (Å²) in [5.74, 6) is 2.09. The van der Waals surface area contributed by atoms with Crippen molar-refractivity contribution < 1.29 is 0 Å². The van der Waals surface area contributed by atoms with Crippen molar-refractivity contribution in [2.45, 2.75) is 26.6 Å². The molecule has 0 N–H and O–H groups in total. The van der Waals surface area contributed by atoms with Crippen LogP contribution in [-0.2, 0) is 5.88 Å². The molecular formula is C8H13BrN2S. The molecule has 0 aromatic carbocycles. The van der Waals surface area contributed by atoms with Crippen LogP contribution in [0.5, 0.6) is 0 Å². The van der Waals surface area contributed by atoms with E-state index in [1.165, 1.54) is 5.69 Å². The minimum absolute atomic E-state index is 0.953. The lowest BCUT2D eigenvalue weighted by atomic mass is 10.4. The van der Waals surface area contributed by atoms with E-state index in [2.05, 4.69) is 34.9 Å². The molecule has 0 fully saturated rings. The smallest absolute Gasteiger partial charge is 0.0866 e. The number of nitrogens with zero attached hydrogens (tertiary/aromatic N) is 2. The quantitative estimate of drug-likeness (QED) is 0.819. The van der Waals surface area contributed by atoms with Crippen molar-refractivity contribution in [3.63, 3.8) is 0 Å². The molecule has 0 amide bonds. The summed E-state index contributed by atoms with van der Waals surface area (Å²) in [7, 11) is 0.